The van der Waals surface area contributed by atoms with Crippen molar-refractivity contribution in [1.82, 2.24) is 4.57 Å². The van der Waals surface area contributed by atoms with Crippen molar-refractivity contribution in [1.29, 1.82) is 0 Å². The van der Waals surface area contributed by atoms with Crippen LogP contribution >= 0.6 is 0 Å². The molecule has 0 saturated heterocycles. The van der Waals surface area contributed by atoms with Crippen LogP contribution in [-0.2, 0) is 0 Å². The molecule has 282 valence electrons. The van der Waals surface area contributed by atoms with Crippen molar-refractivity contribution in [3.05, 3.63) is 243 Å². The molecule has 0 fully saturated rings. The molecular formula is C58H40N2. The summed E-state index contributed by atoms with van der Waals surface area (Å²) < 4.78 is 2.51. The predicted octanol–water partition coefficient (Wildman–Crippen LogP) is 16.1. The number of hydrogen-bond donors (Lipinski definition) is 0. The van der Waals surface area contributed by atoms with Crippen molar-refractivity contribution in [2.45, 2.75) is 0 Å². The van der Waals surface area contributed by atoms with Crippen molar-refractivity contribution < 1.29 is 0 Å². The highest BCUT2D eigenvalue weighted by Gasteiger charge is 2.24. The maximum atomic E-state index is 2.51. The lowest BCUT2D eigenvalue weighted by molar-refractivity contribution is 1.19. The molecule has 0 amide bonds. The Labute approximate surface area is 350 Å². The smallest absolute Gasteiger partial charge is 0.0618 e. The molecule has 11 rings (SSSR count). The fourth-order valence-corrected chi connectivity index (χ4v) is 9.04. The Morgan fingerprint density at radius 3 is 1.53 bits per heavy atom. The molecule has 0 radical (unpaired) electrons. The number of hydrogen-bond acceptors (Lipinski definition) is 1. The highest BCUT2D eigenvalue weighted by Crippen LogP contribution is 2.47. The lowest BCUT2D eigenvalue weighted by atomic mass is 9.92. The van der Waals surface area contributed by atoms with Gasteiger partial charge in [-0.05, 0) is 75.2 Å². The third-order valence-electron chi connectivity index (χ3n) is 11.8. The van der Waals surface area contributed by atoms with Crippen LogP contribution in [0.2, 0.25) is 0 Å². The van der Waals surface area contributed by atoms with Gasteiger partial charge in [-0.1, -0.05) is 206 Å². The molecule has 0 aliphatic heterocycles. The Bertz CT molecular complexity index is 3280. The van der Waals surface area contributed by atoms with E-state index in [0.29, 0.717) is 0 Å². The number of anilines is 3. The zero-order valence-electron chi connectivity index (χ0n) is 33.0. The van der Waals surface area contributed by atoms with E-state index >= 15 is 0 Å². The van der Waals surface area contributed by atoms with Gasteiger partial charge in [0.15, 0.2) is 0 Å². The van der Waals surface area contributed by atoms with E-state index in [1.165, 1.54) is 71.7 Å². The first-order valence-corrected chi connectivity index (χ1v) is 20.6. The minimum absolute atomic E-state index is 1.07. The molecule has 0 saturated carbocycles. The topological polar surface area (TPSA) is 8.17 Å². The second-order valence-corrected chi connectivity index (χ2v) is 15.3. The molecule has 1 heterocycles. The summed E-state index contributed by atoms with van der Waals surface area (Å²) in [4.78, 5) is 2.45. The standard InChI is InChI=1S/C58H40N2/c1-5-18-41(19-6-1)42-32-35-47(36-33-42)59(55-31-17-29-49(43-20-7-2-8-21-43)57(55)46-25-11-4-12-26-46)48-37-39-53-52-28-15-16-30-54(52)60(56(53)40-48)58-50-27-14-13-24-45(50)34-38-51(58)44-22-9-3-10-23-44/h1-40H. The first-order chi connectivity index (χ1) is 29.8. The first kappa shape index (κ1) is 35.2. The van der Waals surface area contributed by atoms with Crippen LogP contribution in [0.25, 0.3) is 82.8 Å². The van der Waals surface area contributed by atoms with Crippen LogP contribution in [0.5, 0.6) is 0 Å². The highest BCUT2D eigenvalue weighted by molar-refractivity contribution is 6.13. The van der Waals surface area contributed by atoms with Crippen molar-refractivity contribution in [3.8, 4) is 50.2 Å². The number of rotatable bonds is 8. The molecule has 60 heavy (non-hydrogen) atoms. The molecule has 1 aromatic heterocycles. The van der Waals surface area contributed by atoms with E-state index in [1.807, 2.05) is 0 Å². The minimum Gasteiger partial charge on any atom is -0.310 e. The first-order valence-electron chi connectivity index (χ1n) is 20.6. The number of benzene rings is 10. The Hall–Kier alpha value is -7.94. The van der Waals surface area contributed by atoms with Crippen molar-refractivity contribution in [2.75, 3.05) is 4.90 Å². The van der Waals surface area contributed by atoms with Crippen LogP contribution in [-0.4, -0.2) is 4.57 Å². The molecule has 0 unspecified atom stereocenters. The average Bonchev–Trinajstić information content (AvgIpc) is 3.65. The molecule has 0 N–H and O–H groups in total. The number of para-hydroxylation sites is 1. The third kappa shape index (κ3) is 6.14. The lowest BCUT2D eigenvalue weighted by Gasteiger charge is -2.29. The van der Waals surface area contributed by atoms with Gasteiger partial charge in [0.1, 0.15) is 0 Å². The van der Waals surface area contributed by atoms with E-state index in [1.54, 1.807) is 0 Å². The normalized spacial score (nSPS) is 11.3. The highest BCUT2D eigenvalue weighted by atomic mass is 15.1. The zero-order valence-corrected chi connectivity index (χ0v) is 33.0. The summed E-state index contributed by atoms with van der Waals surface area (Å²) in [7, 11) is 0. The number of fused-ring (bicyclic) bond motifs is 4. The van der Waals surface area contributed by atoms with Crippen LogP contribution in [0.4, 0.5) is 17.1 Å². The van der Waals surface area contributed by atoms with Gasteiger partial charge in [-0.15, -0.1) is 0 Å². The number of aromatic nitrogens is 1. The average molecular weight is 765 g/mol. The predicted molar refractivity (Wildman–Crippen MR) is 255 cm³/mol. The maximum absolute atomic E-state index is 2.51. The van der Waals surface area contributed by atoms with Crippen LogP contribution in [0.1, 0.15) is 0 Å². The molecule has 0 spiro atoms. The molecule has 0 bridgehead atoms. The molecule has 0 atom stereocenters. The molecule has 0 aliphatic carbocycles. The van der Waals surface area contributed by atoms with Crippen LogP contribution < -0.4 is 4.90 Å². The van der Waals surface area contributed by atoms with Crippen molar-refractivity contribution in [3.63, 3.8) is 0 Å². The second-order valence-electron chi connectivity index (χ2n) is 15.3. The summed E-state index contributed by atoms with van der Waals surface area (Å²) in [6, 6.07) is 88.0. The van der Waals surface area contributed by atoms with Crippen molar-refractivity contribution >= 4 is 49.6 Å². The van der Waals surface area contributed by atoms with E-state index in [-0.39, 0.29) is 0 Å². The Morgan fingerprint density at radius 2 is 0.833 bits per heavy atom. The van der Waals surface area contributed by atoms with Gasteiger partial charge in [0, 0.05) is 38.7 Å². The summed E-state index contributed by atoms with van der Waals surface area (Å²) >= 11 is 0. The number of nitrogens with zero attached hydrogens (tertiary/aromatic N) is 2. The van der Waals surface area contributed by atoms with Gasteiger partial charge >= 0.3 is 0 Å². The monoisotopic (exact) mass is 764 g/mol. The minimum atomic E-state index is 1.07. The summed E-state index contributed by atoms with van der Waals surface area (Å²) in [6.07, 6.45) is 0. The Morgan fingerprint density at radius 1 is 0.300 bits per heavy atom. The van der Waals surface area contributed by atoms with Crippen LogP contribution in [0.15, 0.2) is 243 Å². The van der Waals surface area contributed by atoms with Crippen LogP contribution in [0.3, 0.4) is 0 Å². The molecule has 10 aromatic carbocycles. The van der Waals surface area contributed by atoms with Gasteiger partial charge in [-0.2, -0.15) is 0 Å². The summed E-state index contributed by atoms with van der Waals surface area (Å²) in [5.74, 6) is 0. The molecule has 2 heteroatoms. The van der Waals surface area contributed by atoms with Crippen molar-refractivity contribution in [2.24, 2.45) is 0 Å². The van der Waals surface area contributed by atoms with E-state index < -0.39 is 0 Å². The third-order valence-corrected chi connectivity index (χ3v) is 11.8. The van der Waals surface area contributed by atoms with Gasteiger partial charge in [0.05, 0.1) is 22.4 Å². The van der Waals surface area contributed by atoms with Gasteiger partial charge in [-0.3, -0.25) is 0 Å². The van der Waals surface area contributed by atoms with E-state index in [4.69, 9.17) is 0 Å². The van der Waals surface area contributed by atoms with E-state index in [0.717, 1.165) is 28.1 Å². The summed E-state index contributed by atoms with van der Waals surface area (Å²) in [5.41, 5.74) is 16.2. The molecule has 0 aliphatic rings. The quantitative estimate of drug-likeness (QED) is 0.150. The van der Waals surface area contributed by atoms with E-state index in [2.05, 4.69) is 252 Å². The molecule has 2 nitrogen and oxygen atoms in total. The molecule has 11 aromatic rings. The van der Waals surface area contributed by atoms with Gasteiger partial charge in [-0.25, -0.2) is 0 Å². The van der Waals surface area contributed by atoms with Gasteiger partial charge in [0.25, 0.3) is 0 Å². The Kier molecular flexibility index (Phi) is 8.87. The fourth-order valence-electron chi connectivity index (χ4n) is 9.04. The Balaban J connectivity index is 1.22. The zero-order chi connectivity index (χ0) is 39.8. The van der Waals surface area contributed by atoms with Crippen LogP contribution in [0, 0.1) is 0 Å². The molecular weight excluding hydrogens is 725 g/mol. The SMILES string of the molecule is c1ccc(-c2ccc(N(c3ccc4c5ccccc5n(-c5c(-c6ccccc6)ccc6ccccc56)c4c3)c3cccc(-c4ccccc4)c3-c3ccccc3)cc2)cc1. The fraction of sp³-hybridized carbons (Fsp3) is 0. The second kappa shape index (κ2) is 15.1. The van der Waals surface area contributed by atoms with Gasteiger partial charge < -0.3 is 9.47 Å². The summed E-state index contributed by atoms with van der Waals surface area (Å²) in [5, 5.41) is 4.85. The lowest BCUT2D eigenvalue weighted by Crippen LogP contribution is -2.12. The van der Waals surface area contributed by atoms with E-state index in [9.17, 15) is 0 Å². The van der Waals surface area contributed by atoms with Gasteiger partial charge in [0.2, 0.25) is 0 Å². The summed E-state index contributed by atoms with van der Waals surface area (Å²) in [6.45, 7) is 0. The largest absolute Gasteiger partial charge is 0.310 e. The maximum Gasteiger partial charge on any atom is 0.0618 e.